The summed E-state index contributed by atoms with van der Waals surface area (Å²) in [6, 6.07) is 4.59. The molecular weight excluding hydrogens is 343 g/mol. The number of carbonyl (C=O) groups is 1. The van der Waals surface area contributed by atoms with Gasteiger partial charge >= 0.3 is 5.97 Å². The van der Waals surface area contributed by atoms with E-state index in [-0.39, 0.29) is 5.02 Å². The van der Waals surface area contributed by atoms with Crippen molar-refractivity contribution in [3.63, 3.8) is 0 Å². The monoisotopic (exact) mass is 352 g/mol. The first kappa shape index (κ1) is 17.1. The summed E-state index contributed by atoms with van der Waals surface area (Å²) in [6.45, 7) is 0. The molecule has 1 aromatic heterocycles. The van der Waals surface area contributed by atoms with Gasteiger partial charge in [0.15, 0.2) is 5.13 Å². The van der Waals surface area contributed by atoms with Crippen LogP contribution in [0, 0.1) is 0 Å². The number of hydrogen-bond donors (Lipinski definition) is 2. The van der Waals surface area contributed by atoms with Crippen molar-refractivity contribution in [2.75, 3.05) is 12.8 Å². The Labute approximate surface area is 133 Å². The molecule has 0 unspecified atom stereocenters. The van der Waals surface area contributed by atoms with Gasteiger partial charge < -0.3 is 15.0 Å². The number of ether oxygens (including phenoxy) is 1. The van der Waals surface area contributed by atoms with E-state index < -0.39 is 5.97 Å². The van der Waals surface area contributed by atoms with Crippen LogP contribution in [0.1, 0.15) is 10.4 Å². The second kappa shape index (κ2) is 8.33. The number of esters is 1. The van der Waals surface area contributed by atoms with Crippen molar-refractivity contribution in [3.8, 4) is 0 Å². The second-order valence-electron chi connectivity index (χ2n) is 3.23. The molecule has 1 heterocycles. The van der Waals surface area contributed by atoms with Crippen molar-refractivity contribution < 1.29 is 14.1 Å². The highest BCUT2D eigenvalue weighted by molar-refractivity contribution is 7.93. The van der Waals surface area contributed by atoms with Gasteiger partial charge in [0.2, 0.25) is 0 Å². The number of nitrogen functional groups attached to an aromatic ring is 1. The van der Waals surface area contributed by atoms with E-state index in [2.05, 4.69) is 9.72 Å². The quantitative estimate of drug-likeness (QED) is 0.625. The summed E-state index contributed by atoms with van der Waals surface area (Å²) in [4.78, 5) is 15.3. The molecule has 0 amide bonds. The van der Waals surface area contributed by atoms with Gasteiger partial charge in [0.25, 0.3) is 0 Å². The van der Waals surface area contributed by atoms with Crippen LogP contribution in [0.2, 0.25) is 9.36 Å². The first-order valence-corrected chi connectivity index (χ1v) is 7.38. The lowest BCUT2D eigenvalue weighted by Gasteiger charge is -2.02. The van der Waals surface area contributed by atoms with Crippen LogP contribution in [-0.2, 0) is 4.74 Å². The van der Waals surface area contributed by atoms with E-state index in [1.54, 1.807) is 6.07 Å². The number of benzene rings is 1. The zero-order valence-electron chi connectivity index (χ0n) is 10.2. The van der Waals surface area contributed by atoms with E-state index in [1.165, 1.54) is 36.8 Å². The molecule has 0 spiro atoms. The molecule has 9 heteroatoms. The Balaban J connectivity index is 0.000000240. The van der Waals surface area contributed by atoms with E-state index in [0.29, 0.717) is 32.0 Å². The zero-order chi connectivity index (χ0) is 15.1. The summed E-state index contributed by atoms with van der Waals surface area (Å²) < 4.78 is 13.8. The smallest absolute Gasteiger partial charge is 0.339 e. The van der Waals surface area contributed by atoms with Crippen LogP contribution in [0.4, 0.5) is 5.13 Å². The number of halogens is 2. The number of aromatic nitrogens is 1. The van der Waals surface area contributed by atoms with E-state index in [4.69, 9.17) is 33.5 Å². The molecule has 20 heavy (non-hydrogen) atoms. The standard InChI is InChI=1S/C8H7ClO3S.C3H3ClN2S/c1-12-8(10)6-3-2-5(13-11)4-7(6)9;4-2-1-6-3(5)7-2/h2-4,11H,1H3;1H,(H2,5,6). The third-order valence-corrected chi connectivity index (χ3v) is 3.67. The number of carbonyl (C=O) groups excluding carboxylic acids is 1. The summed E-state index contributed by atoms with van der Waals surface area (Å²) >= 11 is 13.0. The van der Waals surface area contributed by atoms with Gasteiger partial charge in [-0.05, 0) is 18.2 Å². The number of nitrogens with two attached hydrogens (primary N) is 1. The predicted molar refractivity (Wildman–Crippen MR) is 82.8 cm³/mol. The van der Waals surface area contributed by atoms with Crippen LogP contribution in [0.15, 0.2) is 29.3 Å². The van der Waals surface area contributed by atoms with Crippen molar-refractivity contribution in [2.24, 2.45) is 0 Å². The first-order chi connectivity index (χ1) is 9.47. The topological polar surface area (TPSA) is 85.4 Å². The average Bonchev–Trinajstić information content (AvgIpc) is 2.82. The van der Waals surface area contributed by atoms with Gasteiger partial charge in [-0.1, -0.05) is 34.5 Å². The van der Waals surface area contributed by atoms with E-state index in [9.17, 15) is 4.79 Å². The van der Waals surface area contributed by atoms with Gasteiger partial charge in [-0.25, -0.2) is 9.78 Å². The fourth-order valence-electron chi connectivity index (χ4n) is 1.10. The summed E-state index contributed by atoms with van der Waals surface area (Å²) in [6.07, 6.45) is 1.53. The maximum atomic E-state index is 11.1. The Morgan fingerprint density at radius 2 is 2.20 bits per heavy atom. The van der Waals surface area contributed by atoms with E-state index >= 15 is 0 Å². The van der Waals surface area contributed by atoms with Crippen LogP contribution >= 0.6 is 46.6 Å². The molecule has 2 rings (SSSR count). The van der Waals surface area contributed by atoms with Crippen molar-refractivity contribution in [3.05, 3.63) is 39.3 Å². The lowest BCUT2D eigenvalue weighted by atomic mass is 10.2. The normalized spacial score (nSPS) is 9.60. The zero-order valence-corrected chi connectivity index (χ0v) is 13.3. The Hall–Kier alpha value is -0.990. The molecule has 0 atom stereocenters. The third kappa shape index (κ3) is 5.18. The maximum Gasteiger partial charge on any atom is 0.339 e. The molecule has 1 aromatic carbocycles. The Bertz CT molecular complexity index is 576. The van der Waals surface area contributed by atoms with Gasteiger partial charge in [-0.15, -0.1) is 0 Å². The number of anilines is 1. The molecular formula is C11H10Cl2N2O3S2. The molecule has 0 aliphatic carbocycles. The number of hydrogen-bond acceptors (Lipinski definition) is 7. The van der Waals surface area contributed by atoms with Gasteiger partial charge in [-0.2, -0.15) is 0 Å². The molecule has 0 bridgehead atoms. The Kier molecular flexibility index (Phi) is 7.11. The second-order valence-corrected chi connectivity index (χ2v) is 5.98. The minimum Gasteiger partial charge on any atom is -0.465 e. The molecule has 0 aliphatic heterocycles. The fraction of sp³-hybridized carbons (Fsp3) is 0.0909. The van der Waals surface area contributed by atoms with E-state index in [1.807, 2.05) is 0 Å². The molecule has 3 N–H and O–H groups in total. The molecule has 2 aromatic rings. The van der Waals surface area contributed by atoms with Gasteiger partial charge in [0.05, 0.1) is 23.9 Å². The van der Waals surface area contributed by atoms with Crippen molar-refractivity contribution in [2.45, 2.75) is 4.90 Å². The Morgan fingerprint density at radius 3 is 2.55 bits per heavy atom. The number of thiazole rings is 1. The number of nitrogens with zero attached hydrogens (tertiary/aromatic N) is 1. The molecule has 0 saturated carbocycles. The minimum absolute atomic E-state index is 0.269. The SMILES string of the molecule is COC(=O)c1ccc(SO)cc1Cl.Nc1ncc(Cl)s1. The molecule has 0 saturated heterocycles. The van der Waals surface area contributed by atoms with Crippen LogP contribution in [0.3, 0.4) is 0 Å². The van der Waals surface area contributed by atoms with Gasteiger partial charge in [0, 0.05) is 16.9 Å². The largest absolute Gasteiger partial charge is 0.465 e. The molecule has 108 valence electrons. The summed E-state index contributed by atoms with van der Waals surface area (Å²) in [5, 5.41) is 0.788. The third-order valence-electron chi connectivity index (χ3n) is 1.95. The lowest BCUT2D eigenvalue weighted by Crippen LogP contribution is -2.01. The van der Waals surface area contributed by atoms with Crippen LogP contribution < -0.4 is 5.73 Å². The highest BCUT2D eigenvalue weighted by Gasteiger charge is 2.10. The first-order valence-electron chi connectivity index (χ1n) is 5.04. The van der Waals surface area contributed by atoms with Crippen molar-refractivity contribution in [1.29, 1.82) is 0 Å². The summed E-state index contributed by atoms with van der Waals surface area (Å²) in [5.74, 6) is -0.487. The van der Waals surface area contributed by atoms with Gasteiger partial charge in [-0.3, -0.25) is 0 Å². The Morgan fingerprint density at radius 1 is 1.50 bits per heavy atom. The van der Waals surface area contributed by atoms with Gasteiger partial charge in [0.1, 0.15) is 4.34 Å². The van der Waals surface area contributed by atoms with Crippen LogP contribution in [-0.4, -0.2) is 22.6 Å². The van der Waals surface area contributed by atoms with Crippen LogP contribution in [0.25, 0.3) is 0 Å². The van der Waals surface area contributed by atoms with Crippen molar-refractivity contribution in [1.82, 2.24) is 4.98 Å². The summed E-state index contributed by atoms with van der Waals surface area (Å²) in [7, 11) is 1.29. The fourth-order valence-corrected chi connectivity index (χ4v) is 2.41. The lowest BCUT2D eigenvalue weighted by molar-refractivity contribution is 0.0601. The molecule has 0 radical (unpaired) electrons. The summed E-state index contributed by atoms with van der Waals surface area (Å²) in [5.41, 5.74) is 5.50. The highest BCUT2D eigenvalue weighted by atomic mass is 35.5. The molecule has 5 nitrogen and oxygen atoms in total. The highest BCUT2D eigenvalue weighted by Crippen LogP contribution is 2.23. The van der Waals surface area contributed by atoms with Crippen LogP contribution in [0.5, 0.6) is 0 Å². The number of rotatable bonds is 2. The average molecular weight is 353 g/mol. The molecule has 0 aliphatic rings. The van der Waals surface area contributed by atoms with Crippen molar-refractivity contribution >= 4 is 57.7 Å². The minimum atomic E-state index is -0.487. The predicted octanol–water partition coefficient (Wildman–Crippen LogP) is 4.07. The molecule has 0 fully saturated rings. The van der Waals surface area contributed by atoms with E-state index in [0.717, 1.165) is 0 Å². The maximum absolute atomic E-state index is 11.1. The number of methoxy groups -OCH3 is 1.